The Morgan fingerprint density at radius 2 is 2.00 bits per heavy atom. The van der Waals surface area contributed by atoms with E-state index in [1.165, 1.54) is 11.3 Å². The number of methoxy groups -OCH3 is 1. The smallest absolute Gasteiger partial charge is 0.226 e. The number of rotatable bonds is 9. The van der Waals surface area contributed by atoms with E-state index in [2.05, 4.69) is 10.3 Å². The van der Waals surface area contributed by atoms with E-state index in [1.54, 1.807) is 7.11 Å². The van der Waals surface area contributed by atoms with Crippen LogP contribution in [0.2, 0.25) is 0 Å². The van der Waals surface area contributed by atoms with Crippen LogP contribution < -0.4 is 15.8 Å². The van der Waals surface area contributed by atoms with Crippen molar-refractivity contribution in [2.75, 3.05) is 19.0 Å². The first-order chi connectivity index (χ1) is 11.2. The average Bonchev–Trinajstić information content (AvgIpc) is 3.02. The van der Waals surface area contributed by atoms with Crippen LogP contribution in [0.25, 0.3) is 11.3 Å². The summed E-state index contributed by atoms with van der Waals surface area (Å²) in [7, 11) is 1.64. The number of halogens is 1. The van der Waals surface area contributed by atoms with Crippen molar-refractivity contribution in [2.24, 2.45) is 5.73 Å². The molecule has 1 aromatic heterocycles. The lowest BCUT2D eigenvalue weighted by Crippen LogP contribution is -2.10. The third-order valence-corrected chi connectivity index (χ3v) is 4.25. The molecule has 0 saturated heterocycles. The van der Waals surface area contributed by atoms with Crippen LogP contribution in [0, 0.1) is 0 Å². The minimum atomic E-state index is 0. The number of para-hydroxylation sites is 1. The van der Waals surface area contributed by atoms with E-state index in [1.807, 2.05) is 29.6 Å². The van der Waals surface area contributed by atoms with E-state index in [0.717, 1.165) is 49.2 Å². The molecule has 1 aromatic carbocycles. The summed E-state index contributed by atoms with van der Waals surface area (Å²) in [5, 5.41) is 5.41. The number of nitrogens with one attached hydrogen (secondary N) is 1. The maximum atomic E-state index is 11.9. The van der Waals surface area contributed by atoms with Gasteiger partial charge in [0.1, 0.15) is 5.75 Å². The van der Waals surface area contributed by atoms with Crippen molar-refractivity contribution in [2.45, 2.75) is 32.1 Å². The fourth-order valence-electron chi connectivity index (χ4n) is 2.28. The van der Waals surface area contributed by atoms with Crippen molar-refractivity contribution in [1.82, 2.24) is 4.98 Å². The molecular weight excluding hydrogens is 346 g/mol. The van der Waals surface area contributed by atoms with Crippen LogP contribution in [0.15, 0.2) is 29.6 Å². The number of hydrogen-bond donors (Lipinski definition) is 2. The third-order valence-electron chi connectivity index (χ3n) is 3.49. The summed E-state index contributed by atoms with van der Waals surface area (Å²) in [6.45, 7) is 0.719. The summed E-state index contributed by atoms with van der Waals surface area (Å²) in [4.78, 5) is 16.4. The number of aromatic nitrogens is 1. The Hall–Kier alpha value is -1.63. The molecule has 3 N–H and O–H groups in total. The normalized spacial score (nSPS) is 10.1. The number of amides is 1. The number of carbonyl (C=O) groups excluding carboxylic acids is 1. The number of nitrogens with two attached hydrogens (primary N) is 1. The number of thiazole rings is 1. The first kappa shape index (κ1) is 20.4. The van der Waals surface area contributed by atoms with Gasteiger partial charge in [0, 0.05) is 17.4 Å². The van der Waals surface area contributed by atoms with Gasteiger partial charge in [0.05, 0.1) is 12.8 Å². The zero-order valence-electron chi connectivity index (χ0n) is 13.8. The molecule has 2 aromatic rings. The molecule has 0 fully saturated rings. The van der Waals surface area contributed by atoms with Gasteiger partial charge in [0.15, 0.2) is 5.13 Å². The molecule has 0 radical (unpaired) electrons. The van der Waals surface area contributed by atoms with E-state index in [9.17, 15) is 4.79 Å². The van der Waals surface area contributed by atoms with Gasteiger partial charge in [0.25, 0.3) is 0 Å². The molecule has 2 rings (SSSR count). The second-order valence-corrected chi connectivity index (χ2v) is 6.10. The SMILES string of the molecule is COc1ccccc1-c1csc(NC(=O)CCCCCCN)n1.Cl. The largest absolute Gasteiger partial charge is 0.496 e. The molecule has 0 atom stereocenters. The minimum Gasteiger partial charge on any atom is -0.496 e. The highest BCUT2D eigenvalue weighted by Gasteiger charge is 2.11. The number of anilines is 1. The summed E-state index contributed by atoms with van der Waals surface area (Å²) < 4.78 is 5.34. The maximum absolute atomic E-state index is 11.9. The van der Waals surface area contributed by atoms with Crippen LogP contribution in [0.4, 0.5) is 5.13 Å². The Balaban J connectivity index is 0.00000288. The van der Waals surface area contributed by atoms with E-state index >= 15 is 0 Å². The van der Waals surface area contributed by atoms with Crippen LogP contribution >= 0.6 is 23.7 Å². The van der Waals surface area contributed by atoms with Crippen molar-refractivity contribution < 1.29 is 9.53 Å². The summed E-state index contributed by atoms with van der Waals surface area (Å²) >= 11 is 1.42. The van der Waals surface area contributed by atoms with Crippen molar-refractivity contribution >= 4 is 34.8 Å². The molecular formula is C17H24ClN3O2S. The number of ether oxygens (including phenoxy) is 1. The summed E-state index contributed by atoms with van der Waals surface area (Å²) in [6, 6.07) is 7.71. The van der Waals surface area contributed by atoms with Crippen LogP contribution in [0.5, 0.6) is 5.75 Å². The summed E-state index contributed by atoms with van der Waals surface area (Å²) in [6.07, 6.45) is 4.55. The second-order valence-electron chi connectivity index (χ2n) is 5.24. The molecule has 0 bridgehead atoms. The number of unbranched alkanes of at least 4 members (excludes halogenated alkanes) is 3. The lowest BCUT2D eigenvalue weighted by atomic mass is 10.1. The predicted octanol–water partition coefficient (Wildman–Crippen LogP) is 4.09. The molecule has 0 saturated carbocycles. The topological polar surface area (TPSA) is 77.2 Å². The molecule has 132 valence electrons. The first-order valence-corrected chi connectivity index (χ1v) is 8.71. The quantitative estimate of drug-likeness (QED) is 0.652. The van der Waals surface area contributed by atoms with Gasteiger partial charge in [-0.1, -0.05) is 25.0 Å². The van der Waals surface area contributed by atoms with E-state index < -0.39 is 0 Å². The highest BCUT2D eigenvalue weighted by atomic mass is 35.5. The molecule has 0 aliphatic heterocycles. The van der Waals surface area contributed by atoms with Gasteiger partial charge in [-0.3, -0.25) is 4.79 Å². The van der Waals surface area contributed by atoms with Gasteiger partial charge in [-0.2, -0.15) is 0 Å². The van der Waals surface area contributed by atoms with Crippen LogP contribution in [-0.4, -0.2) is 24.5 Å². The molecule has 1 heterocycles. The standard InChI is InChI=1S/C17H23N3O2S.ClH/c1-22-15-9-6-5-8-13(15)14-12-23-17(19-14)20-16(21)10-4-2-3-7-11-18;/h5-6,8-9,12H,2-4,7,10-11,18H2,1H3,(H,19,20,21);1H. The molecule has 7 heteroatoms. The molecule has 0 unspecified atom stereocenters. The second kappa shape index (κ2) is 11.0. The van der Waals surface area contributed by atoms with Crippen LogP contribution in [0.3, 0.4) is 0 Å². The zero-order valence-corrected chi connectivity index (χ0v) is 15.4. The molecule has 0 spiro atoms. The zero-order chi connectivity index (χ0) is 16.5. The summed E-state index contributed by atoms with van der Waals surface area (Å²) in [5.74, 6) is 0.786. The Kier molecular flexibility index (Phi) is 9.37. The van der Waals surface area contributed by atoms with Crippen LogP contribution in [0.1, 0.15) is 32.1 Å². The molecule has 1 amide bonds. The number of nitrogens with zero attached hydrogens (tertiary/aromatic N) is 1. The Bertz CT molecular complexity index is 634. The first-order valence-electron chi connectivity index (χ1n) is 7.83. The monoisotopic (exact) mass is 369 g/mol. The fourth-order valence-corrected chi connectivity index (χ4v) is 3.00. The van der Waals surface area contributed by atoms with Crippen molar-refractivity contribution in [1.29, 1.82) is 0 Å². The Morgan fingerprint density at radius 3 is 2.75 bits per heavy atom. The third kappa shape index (κ3) is 6.11. The molecule has 0 aliphatic carbocycles. The van der Waals surface area contributed by atoms with Gasteiger partial charge in [0.2, 0.25) is 5.91 Å². The predicted molar refractivity (Wildman–Crippen MR) is 102 cm³/mol. The molecule has 24 heavy (non-hydrogen) atoms. The molecule has 0 aliphatic rings. The van der Waals surface area contributed by atoms with Gasteiger partial charge in [-0.15, -0.1) is 23.7 Å². The lowest BCUT2D eigenvalue weighted by Gasteiger charge is -2.05. The van der Waals surface area contributed by atoms with E-state index in [4.69, 9.17) is 10.5 Å². The molecule has 5 nitrogen and oxygen atoms in total. The number of benzene rings is 1. The minimum absolute atomic E-state index is 0. The van der Waals surface area contributed by atoms with Crippen molar-refractivity contribution in [3.8, 4) is 17.0 Å². The average molecular weight is 370 g/mol. The van der Waals surface area contributed by atoms with Gasteiger partial charge in [-0.25, -0.2) is 4.98 Å². The van der Waals surface area contributed by atoms with E-state index in [-0.39, 0.29) is 18.3 Å². The Labute approximate surface area is 153 Å². The van der Waals surface area contributed by atoms with Crippen molar-refractivity contribution in [3.63, 3.8) is 0 Å². The maximum Gasteiger partial charge on any atom is 0.226 e. The highest BCUT2D eigenvalue weighted by Crippen LogP contribution is 2.31. The lowest BCUT2D eigenvalue weighted by molar-refractivity contribution is -0.116. The Morgan fingerprint density at radius 1 is 1.25 bits per heavy atom. The van der Waals surface area contributed by atoms with E-state index in [0.29, 0.717) is 11.6 Å². The van der Waals surface area contributed by atoms with Gasteiger partial charge >= 0.3 is 0 Å². The van der Waals surface area contributed by atoms with Gasteiger partial charge < -0.3 is 15.8 Å². The number of hydrogen-bond acceptors (Lipinski definition) is 5. The van der Waals surface area contributed by atoms with Gasteiger partial charge in [-0.05, 0) is 31.5 Å². The highest BCUT2D eigenvalue weighted by molar-refractivity contribution is 7.14. The van der Waals surface area contributed by atoms with Crippen LogP contribution in [-0.2, 0) is 4.79 Å². The summed E-state index contributed by atoms with van der Waals surface area (Å²) in [5.41, 5.74) is 7.18. The van der Waals surface area contributed by atoms with Crippen molar-refractivity contribution in [3.05, 3.63) is 29.6 Å². The fraction of sp³-hybridized carbons (Fsp3) is 0.412. The number of carbonyl (C=O) groups is 1.